The van der Waals surface area contributed by atoms with Crippen molar-refractivity contribution >= 4 is 40.8 Å². The molecule has 0 atom stereocenters. The maximum absolute atomic E-state index is 14.1. The Balaban J connectivity index is 0.00000243. The molecule has 0 spiro atoms. The molecule has 0 bridgehead atoms. The molecule has 0 aliphatic rings. The lowest BCUT2D eigenvalue weighted by atomic mass is 10.1. The summed E-state index contributed by atoms with van der Waals surface area (Å²) in [4.78, 5) is 21.0. The van der Waals surface area contributed by atoms with E-state index in [9.17, 15) is 9.18 Å². The Morgan fingerprint density at radius 2 is 2.00 bits per heavy atom. The van der Waals surface area contributed by atoms with Crippen LogP contribution in [-0.4, -0.2) is 22.5 Å². The topological polar surface area (TPSA) is 64.1 Å². The largest absolute Gasteiger partial charge is 0.462 e. The van der Waals surface area contributed by atoms with Crippen molar-refractivity contribution in [1.82, 2.24) is 9.97 Å². The van der Waals surface area contributed by atoms with E-state index in [0.29, 0.717) is 29.7 Å². The quantitative estimate of drug-likeness (QED) is 0.648. The monoisotopic (exact) mass is 375 g/mol. The van der Waals surface area contributed by atoms with Crippen molar-refractivity contribution in [3.8, 4) is 0 Å². The van der Waals surface area contributed by atoms with Crippen LogP contribution in [0, 0.1) is 12.7 Å². The number of benzene rings is 1. The van der Waals surface area contributed by atoms with E-state index in [1.807, 2.05) is 26.0 Å². The Labute approximate surface area is 157 Å². The van der Waals surface area contributed by atoms with Gasteiger partial charge < -0.3 is 10.1 Å². The summed E-state index contributed by atoms with van der Waals surface area (Å²) in [5.74, 6) is -0.920. The van der Waals surface area contributed by atoms with Crippen LogP contribution in [0.2, 0.25) is 0 Å². The van der Waals surface area contributed by atoms with Crippen LogP contribution in [0.15, 0.2) is 42.6 Å². The van der Waals surface area contributed by atoms with E-state index >= 15 is 0 Å². The van der Waals surface area contributed by atoms with Gasteiger partial charge in [0.1, 0.15) is 11.4 Å². The number of nitrogens with zero attached hydrogens (tertiary/aromatic N) is 2. The van der Waals surface area contributed by atoms with Crippen molar-refractivity contribution in [3.05, 3.63) is 59.7 Å². The Hall–Kier alpha value is -2.73. The standard InChI is InChI=1S/C19H18FN3O2.ClH/c1-3-10-25-19(24)14-11-21-18-13(9-8-12(2)22-18)17(14)23-16-7-5-4-6-15(16)20;/h4-9,11H,3,10H2,1-2H3,(H,21,22,23);1H. The molecule has 0 aliphatic heterocycles. The minimum atomic E-state index is -0.504. The number of carbonyl (C=O) groups excluding carboxylic acids is 1. The zero-order valence-corrected chi connectivity index (χ0v) is 15.3. The number of hydrogen-bond acceptors (Lipinski definition) is 5. The van der Waals surface area contributed by atoms with Crippen LogP contribution in [0.4, 0.5) is 15.8 Å². The van der Waals surface area contributed by atoms with E-state index in [1.54, 1.807) is 18.2 Å². The third-order valence-electron chi connectivity index (χ3n) is 3.66. The minimum absolute atomic E-state index is 0. The lowest BCUT2D eigenvalue weighted by Gasteiger charge is -2.14. The third-order valence-corrected chi connectivity index (χ3v) is 3.66. The molecule has 26 heavy (non-hydrogen) atoms. The summed E-state index contributed by atoms with van der Waals surface area (Å²) in [7, 11) is 0. The summed E-state index contributed by atoms with van der Waals surface area (Å²) < 4.78 is 19.3. The van der Waals surface area contributed by atoms with Crippen LogP contribution in [0.1, 0.15) is 29.4 Å². The first-order valence-electron chi connectivity index (χ1n) is 8.05. The number of ether oxygens (including phenoxy) is 1. The van der Waals surface area contributed by atoms with Crippen molar-refractivity contribution < 1.29 is 13.9 Å². The first kappa shape index (κ1) is 19.6. The number of nitrogens with one attached hydrogen (secondary N) is 1. The van der Waals surface area contributed by atoms with E-state index < -0.39 is 11.8 Å². The van der Waals surface area contributed by atoms with Gasteiger partial charge in [0, 0.05) is 17.3 Å². The minimum Gasteiger partial charge on any atom is -0.462 e. The first-order chi connectivity index (χ1) is 12.1. The first-order valence-corrected chi connectivity index (χ1v) is 8.05. The zero-order chi connectivity index (χ0) is 17.8. The van der Waals surface area contributed by atoms with Gasteiger partial charge in [-0.2, -0.15) is 0 Å². The predicted octanol–water partition coefficient (Wildman–Crippen LogP) is 4.81. The summed E-state index contributed by atoms with van der Waals surface area (Å²) in [5.41, 5.74) is 2.22. The fourth-order valence-electron chi connectivity index (χ4n) is 2.43. The van der Waals surface area contributed by atoms with E-state index in [-0.39, 0.29) is 23.7 Å². The molecule has 0 unspecified atom stereocenters. The Kier molecular flexibility index (Phi) is 6.46. The fourth-order valence-corrected chi connectivity index (χ4v) is 2.43. The molecule has 0 radical (unpaired) electrons. The number of carbonyl (C=O) groups is 1. The number of fused-ring (bicyclic) bond motifs is 1. The predicted molar refractivity (Wildman–Crippen MR) is 102 cm³/mol. The highest BCUT2D eigenvalue weighted by atomic mass is 35.5. The van der Waals surface area contributed by atoms with Gasteiger partial charge in [0.05, 0.1) is 18.0 Å². The molecule has 2 aromatic heterocycles. The second-order valence-electron chi connectivity index (χ2n) is 5.61. The van der Waals surface area contributed by atoms with Crippen LogP contribution in [0.5, 0.6) is 0 Å². The molecule has 0 fully saturated rings. The molecular weight excluding hydrogens is 357 g/mol. The molecule has 2 heterocycles. The van der Waals surface area contributed by atoms with Crippen LogP contribution in [0.3, 0.4) is 0 Å². The highest BCUT2D eigenvalue weighted by Gasteiger charge is 2.18. The number of pyridine rings is 2. The third kappa shape index (κ3) is 4.08. The Morgan fingerprint density at radius 3 is 2.73 bits per heavy atom. The summed E-state index contributed by atoms with van der Waals surface area (Å²) in [6.45, 7) is 4.08. The molecular formula is C19H19ClFN3O2. The number of rotatable bonds is 5. The number of halogens is 2. The van der Waals surface area contributed by atoms with E-state index in [0.717, 1.165) is 5.69 Å². The molecule has 1 N–H and O–H groups in total. The lowest BCUT2D eigenvalue weighted by Crippen LogP contribution is -2.10. The summed E-state index contributed by atoms with van der Waals surface area (Å²) in [5, 5.41) is 3.63. The van der Waals surface area contributed by atoms with Crippen LogP contribution < -0.4 is 5.32 Å². The summed E-state index contributed by atoms with van der Waals surface area (Å²) in [6.07, 6.45) is 2.12. The van der Waals surface area contributed by atoms with Crippen LogP contribution in [0.25, 0.3) is 11.0 Å². The number of aromatic nitrogens is 2. The van der Waals surface area contributed by atoms with Gasteiger partial charge in [-0.15, -0.1) is 12.4 Å². The van der Waals surface area contributed by atoms with Gasteiger partial charge in [0.15, 0.2) is 5.65 Å². The summed E-state index contributed by atoms with van der Waals surface area (Å²) >= 11 is 0. The molecule has 1 aromatic carbocycles. The van der Waals surface area contributed by atoms with E-state index in [2.05, 4.69) is 15.3 Å². The van der Waals surface area contributed by atoms with E-state index in [4.69, 9.17) is 4.74 Å². The van der Waals surface area contributed by atoms with Gasteiger partial charge in [-0.05, 0) is 37.6 Å². The van der Waals surface area contributed by atoms with Crippen molar-refractivity contribution in [3.63, 3.8) is 0 Å². The Morgan fingerprint density at radius 1 is 1.23 bits per heavy atom. The molecule has 5 nitrogen and oxygen atoms in total. The highest BCUT2D eigenvalue weighted by molar-refractivity contribution is 6.05. The second kappa shape index (κ2) is 8.58. The summed E-state index contributed by atoms with van der Waals surface area (Å²) in [6, 6.07) is 9.90. The molecule has 3 rings (SSSR count). The number of anilines is 2. The average molecular weight is 376 g/mol. The molecule has 0 saturated heterocycles. The Bertz CT molecular complexity index is 934. The van der Waals surface area contributed by atoms with Gasteiger partial charge in [-0.1, -0.05) is 19.1 Å². The average Bonchev–Trinajstić information content (AvgIpc) is 2.61. The molecule has 0 amide bonds. The molecule has 0 saturated carbocycles. The smallest absolute Gasteiger partial charge is 0.341 e. The number of hydrogen-bond donors (Lipinski definition) is 1. The molecule has 7 heteroatoms. The van der Waals surface area contributed by atoms with Crippen LogP contribution >= 0.6 is 12.4 Å². The SMILES string of the molecule is CCCOC(=O)c1cnc2nc(C)ccc2c1Nc1ccccc1F.Cl. The number of para-hydroxylation sites is 1. The van der Waals surface area contributed by atoms with Crippen molar-refractivity contribution in [1.29, 1.82) is 0 Å². The zero-order valence-electron chi connectivity index (χ0n) is 14.5. The van der Waals surface area contributed by atoms with Gasteiger partial charge in [-0.3, -0.25) is 0 Å². The highest BCUT2D eigenvalue weighted by Crippen LogP contribution is 2.30. The van der Waals surface area contributed by atoms with Gasteiger partial charge in [-0.25, -0.2) is 19.2 Å². The van der Waals surface area contributed by atoms with Gasteiger partial charge >= 0.3 is 5.97 Å². The molecule has 0 aliphatic carbocycles. The van der Waals surface area contributed by atoms with Crippen molar-refractivity contribution in [2.45, 2.75) is 20.3 Å². The van der Waals surface area contributed by atoms with Gasteiger partial charge in [0.25, 0.3) is 0 Å². The van der Waals surface area contributed by atoms with Crippen molar-refractivity contribution in [2.24, 2.45) is 0 Å². The normalized spacial score (nSPS) is 10.3. The van der Waals surface area contributed by atoms with Gasteiger partial charge in [0.2, 0.25) is 0 Å². The molecule has 136 valence electrons. The number of aryl methyl sites for hydroxylation is 1. The van der Waals surface area contributed by atoms with Crippen LogP contribution in [-0.2, 0) is 4.74 Å². The molecule has 3 aromatic rings. The maximum atomic E-state index is 14.1. The fraction of sp³-hybridized carbons (Fsp3) is 0.211. The van der Waals surface area contributed by atoms with Crippen molar-refractivity contribution in [2.75, 3.05) is 11.9 Å². The lowest BCUT2D eigenvalue weighted by molar-refractivity contribution is 0.0506. The second-order valence-corrected chi connectivity index (χ2v) is 5.61. The number of esters is 1. The van der Waals surface area contributed by atoms with E-state index in [1.165, 1.54) is 12.3 Å². The maximum Gasteiger partial charge on any atom is 0.341 e.